The van der Waals surface area contributed by atoms with Crippen LogP contribution < -0.4 is 4.74 Å². The molecule has 1 rings (SSSR count). The van der Waals surface area contributed by atoms with Crippen molar-refractivity contribution in [2.75, 3.05) is 0 Å². The van der Waals surface area contributed by atoms with Crippen LogP contribution in [0.5, 0.6) is 5.75 Å². The predicted molar refractivity (Wildman–Crippen MR) is 62.9 cm³/mol. The summed E-state index contributed by atoms with van der Waals surface area (Å²) < 4.78 is 5.24. The standard InChI is InChI=1S/C13H18O3/c1-4-9(2)11-5-7-12(8-6-11)16-10(3)13(14)15/h5-10H,4H2,1-3H3,(H,14,15)/t9-,10+/m0/s1. The van der Waals surface area contributed by atoms with Crippen LogP contribution in [0.3, 0.4) is 0 Å². The van der Waals surface area contributed by atoms with E-state index < -0.39 is 12.1 Å². The maximum Gasteiger partial charge on any atom is 0.344 e. The van der Waals surface area contributed by atoms with Gasteiger partial charge in [-0.3, -0.25) is 0 Å². The van der Waals surface area contributed by atoms with E-state index in [0.717, 1.165) is 6.42 Å². The Bertz CT molecular complexity index is 343. The molecule has 16 heavy (non-hydrogen) atoms. The van der Waals surface area contributed by atoms with E-state index in [4.69, 9.17) is 9.84 Å². The zero-order valence-corrected chi connectivity index (χ0v) is 9.93. The summed E-state index contributed by atoms with van der Waals surface area (Å²) in [5, 5.41) is 8.70. The average Bonchev–Trinajstić information content (AvgIpc) is 2.28. The fourth-order valence-corrected chi connectivity index (χ4v) is 1.37. The van der Waals surface area contributed by atoms with E-state index in [1.54, 1.807) is 0 Å². The Morgan fingerprint density at radius 2 is 1.88 bits per heavy atom. The first-order chi connectivity index (χ1) is 7.54. The quantitative estimate of drug-likeness (QED) is 0.832. The molecule has 3 heteroatoms. The lowest BCUT2D eigenvalue weighted by Crippen LogP contribution is -2.22. The van der Waals surface area contributed by atoms with E-state index in [0.29, 0.717) is 11.7 Å². The lowest BCUT2D eigenvalue weighted by molar-refractivity contribution is -0.144. The van der Waals surface area contributed by atoms with Crippen LogP contribution in [-0.2, 0) is 4.79 Å². The SMILES string of the molecule is CC[C@H](C)c1ccc(O[C@H](C)C(=O)O)cc1. The number of rotatable bonds is 5. The predicted octanol–water partition coefficient (Wildman–Crippen LogP) is 3.05. The van der Waals surface area contributed by atoms with E-state index in [-0.39, 0.29) is 0 Å². The molecule has 0 amide bonds. The van der Waals surface area contributed by atoms with E-state index in [9.17, 15) is 4.79 Å². The molecule has 3 nitrogen and oxygen atoms in total. The third kappa shape index (κ3) is 3.26. The van der Waals surface area contributed by atoms with E-state index in [1.807, 2.05) is 24.3 Å². The highest BCUT2D eigenvalue weighted by Crippen LogP contribution is 2.21. The molecule has 0 radical (unpaired) electrons. The lowest BCUT2D eigenvalue weighted by atomic mass is 9.99. The maximum absolute atomic E-state index is 10.6. The summed E-state index contributed by atoms with van der Waals surface area (Å²) in [4.78, 5) is 10.6. The summed E-state index contributed by atoms with van der Waals surface area (Å²) >= 11 is 0. The van der Waals surface area contributed by atoms with Crippen LogP contribution in [0, 0.1) is 0 Å². The van der Waals surface area contributed by atoms with Crippen LogP contribution in [0.1, 0.15) is 38.7 Å². The summed E-state index contributed by atoms with van der Waals surface area (Å²) in [5.41, 5.74) is 1.25. The largest absolute Gasteiger partial charge is 0.479 e. The molecule has 1 aromatic carbocycles. The third-order valence-electron chi connectivity index (χ3n) is 2.72. The molecule has 0 aliphatic carbocycles. The highest BCUT2D eigenvalue weighted by atomic mass is 16.5. The minimum absolute atomic E-state index is 0.519. The minimum atomic E-state index is -0.953. The van der Waals surface area contributed by atoms with Gasteiger partial charge in [0.2, 0.25) is 0 Å². The van der Waals surface area contributed by atoms with Crippen LogP contribution in [0.2, 0.25) is 0 Å². The molecule has 0 bridgehead atoms. The summed E-state index contributed by atoms with van der Waals surface area (Å²) in [6.07, 6.45) is 0.278. The molecule has 0 fully saturated rings. The van der Waals surface area contributed by atoms with Crippen molar-refractivity contribution >= 4 is 5.97 Å². The zero-order valence-electron chi connectivity index (χ0n) is 9.93. The van der Waals surface area contributed by atoms with Gasteiger partial charge in [0, 0.05) is 0 Å². The van der Waals surface area contributed by atoms with Gasteiger partial charge >= 0.3 is 5.97 Å². The fraction of sp³-hybridized carbons (Fsp3) is 0.462. The second kappa shape index (κ2) is 5.54. The average molecular weight is 222 g/mol. The number of carbonyl (C=O) groups is 1. The van der Waals surface area contributed by atoms with Gasteiger partial charge in [-0.2, -0.15) is 0 Å². The summed E-state index contributed by atoms with van der Waals surface area (Å²) in [6, 6.07) is 7.61. The van der Waals surface area contributed by atoms with Crippen LogP contribution in [0.15, 0.2) is 24.3 Å². The van der Waals surface area contributed by atoms with E-state index in [1.165, 1.54) is 12.5 Å². The van der Waals surface area contributed by atoms with Crippen molar-refractivity contribution in [1.82, 2.24) is 0 Å². The van der Waals surface area contributed by atoms with Crippen LogP contribution in [0.4, 0.5) is 0 Å². The molecule has 0 saturated carbocycles. The normalized spacial score (nSPS) is 14.2. The molecule has 88 valence electrons. The number of carboxylic acid groups (broad SMARTS) is 1. The minimum Gasteiger partial charge on any atom is -0.479 e. The third-order valence-corrected chi connectivity index (χ3v) is 2.72. The summed E-state index contributed by atoms with van der Waals surface area (Å²) in [7, 11) is 0. The number of carboxylic acids is 1. The van der Waals surface area contributed by atoms with Gasteiger partial charge in [0.15, 0.2) is 6.10 Å². The number of hydrogen-bond acceptors (Lipinski definition) is 2. The Kier molecular flexibility index (Phi) is 4.35. The van der Waals surface area contributed by atoms with E-state index in [2.05, 4.69) is 13.8 Å². The summed E-state index contributed by atoms with van der Waals surface area (Å²) in [6.45, 7) is 5.82. The van der Waals surface area contributed by atoms with Crippen molar-refractivity contribution in [1.29, 1.82) is 0 Å². The lowest BCUT2D eigenvalue weighted by Gasteiger charge is -2.12. The van der Waals surface area contributed by atoms with E-state index >= 15 is 0 Å². The first-order valence-electron chi connectivity index (χ1n) is 5.54. The number of benzene rings is 1. The molecule has 0 saturated heterocycles. The molecule has 0 aliphatic rings. The Hall–Kier alpha value is -1.51. The second-order valence-electron chi connectivity index (χ2n) is 3.98. The van der Waals surface area contributed by atoms with Crippen molar-refractivity contribution in [2.45, 2.75) is 39.2 Å². The highest BCUT2D eigenvalue weighted by Gasteiger charge is 2.12. The molecule has 0 aromatic heterocycles. The van der Waals surface area contributed by atoms with Crippen LogP contribution in [-0.4, -0.2) is 17.2 Å². The van der Waals surface area contributed by atoms with Crippen molar-refractivity contribution in [2.24, 2.45) is 0 Å². The van der Waals surface area contributed by atoms with Crippen molar-refractivity contribution in [3.05, 3.63) is 29.8 Å². The molecule has 0 aliphatic heterocycles. The van der Waals surface area contributed by atoms with Gasteiger partial charge in [-0.15, -0.1) is 0 Å². The molecular weight excluding hydrogens is 204 g/mol. The van der Waals surface area contributed by atoms with Gasteiger partial charge in [0.25, 0.3) is 0 Å². The maximum atomic E-state index is 10.6. The fourth-order valence-electron chi connectivity index (χ4n) is 1.37. The number of aliphatic carboxylic acids is 1. The molecule has 0 heterocycles. The summed E-state index contributed by atoms with van der Waals surface area (Å²) in [5.74, 6) is 0.166. The van der Waals surface area contributed by atoms with Crippen LogP contribution >= 0.6 is 0 Å². The van der Waals surface area contributed by atoms with Gasteiger partial charge in [0.05, 0.1) is 0 Å². The van der Waals surface area contributed by atoms with Gasteiger partial charge < -0.3 is 9.84 Å². The molecular formula is C13H18O3. The van der Waals surface area contributed by atoms with Crippen LogP contribution in [0.25, 0.3) is 0 Å². The van der Waals surface area contributed by atoms with Gasteiger partial charge in [-0.05, 0) is 37.0 Å². The first kappa shape index (κ1) is 12.6. The molecule has 1 aromatic rings. The highest BCUT2D eigenvalue weighted by molar-refractivity contribution is 5.72. The Balaban J connectivity index is 2.68. The molecule has 2 atom stereocenters. The van der Waals surface area contributed by atoms with Crippen molar-refractivity contribution in [3.8, 4) is 5.75 Å². The first-order valence-corrected chi connectivity index (χ1v) is 5.54. The Morgan fingerprint density at radius 3 is 2.31 bits per heavy atom. The smallest absolute Gasteiger partial charge is 0.344 e. The Morgan fingerprint density at radius 1 is 1.31 bits per heavy atom. The molecule has 0 spiro atoms. The number of ether oxygens (including phenoxy) is 1. The topological polar surface area (TPSA) is 46.5 Å². The molecule has 0 unspecified atom stereocenters. The molecule has 1 N–H and O–H groups in total. The van der Waals surface area contributed by atoms with Crippen molar-refractivity contribution in [3.63, 3.8) is 0 Å². The second-order valence-corrected chi connectivity index (χ2v) is 3.98. The Labute approximate surface area is 96.1 Å². The van der Waals surface area contributed by atoms with Gasteiger partial charge in [-0.1, -0.05) is 26.0 Å². The van der Waals surface area contributed by atoms with Gasteiger partial charge in [0.1, 0.15) is 5.75 Å². The number of hydrogen-bond donors (Lipinski definition) is 1. The zero-order chi connectivity index (χ0) is 12.1. The monoisotopic (exact) mass is 222 g/mol. The van der Waals surface area contributed by atoms with Crippen molar-refractivity contribution < 1.29 is 14.6 Å². The van der Waals surface area contributed by atoms with Gasteiger partial charge in [-0.25, -0.2) is 4.79 Å².